The summed E-state index contributed by atoms with van der Waals surface area (Å²) in [7, 11) is -2.31. The zero-order valence-corrected chi connectivity index (χ0v) is 18.8. The van der Waals surface area contributed by atoms with Gasteiger partial charge in [-0.25, -0.2) is 8.42 Å². The average Bonchev–Trinajstić information content (AvgIpc) is 3.31. The predicted molar refractivity (Wildman–Crippen MR) is 122 cm³/mol. The molecule has 170 valence electrons. The smallest absolute Gasteiger partial charge is 0.329 e. The lowest BCUT2D eigenvalue weighted by atomic mass is 9.92. The van der Waals surface area contributed by atoms with Gasteiger partial charge in [-0.3, -0.25) is 4.31 Å². The highest BCUT2D eigenvalue weighted by molar-refractivity contribution is 7.92. The van der Waals surface area contributed by atoms with Crippen molar-refractivity contribution >= 4 is 26.7 Å². The van der Waals surface area contributed by atoms with Gasteiger partial charge >= 0.3 is 6.18 Å². The SMILES string of the molecule is Cc1ccc(S(=O)(=O)N2CC(c3ccccc3)c3c2n(C)c2cc(C(F)(F)F)ccc32)cc1. The van der Waals surface area contributed by atoms with Crippen LogP contribution in [0, 0.1) is 6.92 Å². The quantitative estimate of drug-likeness (QED) is 0.377. The van der Waals surface area contributed by atoms with Crippen molar-refractivity contribution in [2.45, 2.75) is 23.9 Å². The van der Waals surface area contributed by atoms with Crippen LogP contribution in [-0.4, -0.2) is 19.5 Å². The summed E-state index contributed by atoms with van der Waals surface area (Å²) in [5.41, 5.74) is 2.15. The minimum atomic E-state index is -4.49. The van der Waals surface area contributed by atoms with Crippen LogP contribution in [0.5, 0.6) is 0 Å². The third-order valence-electron chi connectivity index (χ3n) is 6.28. The normalized spacial score (nSPS) is 16.4. The number of aryl methyl sites for hydroxylation is 2. The Hall–Kier alpha value is -3.26. The maximum atomic E-state index is 13.7. The lowest BCUT2D eigenvalue weighted by Gasteiger charge is -2.22. The Bertz CT molecular complexity index is 1460. The minimum absolute atomic E-state index is 0.147. The summed E-state index contributed by atoms with van der Waals surface area (Å²) in [5.74, 6) is 0.0978. The Labute approximate surface area is 189 Å². The topological polar surface area (TPSA) is 42.3 Å². The maximum Gasteiger partial charge on any atom is 0.416 e. The van der Waals surface area contributed by atoms with E-state index in [2.05, 4.69) is 0 Å². The number of halogens is 3. The van der Waals surface area contributed by atoms with Gasteiger partial charge in [-0.1, -0.05) is 54.1 Å². The van der Waals surface area contributed by atoms with Crippen LogP contribution in [0.15, 0.2) is 77.7 Å². The second kappa shape index (κ2) is 7.38. The summed E-state index contributed by atoms with van der Waals surface area (Å²) in [6.07, 6.45) is -4.49. The first-order valence-electron chi connectivity index (χ1n) is 10.4. The second-order valence-electron chi connectivity index (χ2n) is 8.34. The van der Waals surface area contributed by atoms with Crippen LogP contribution in [-0.2, 0) is 23.2 Å². The largest absolute Gasteiger partial charge is 0.416 e. The molecule has 0 fully saturated rings. The van der Waals surface area contributed by atoms with Crippen molar-refractivity contribution in [2.24, 2.45) is 7.05 Å². The monoisotopic (exact) mass is 470 g/mol. The molecular formula is C25H21F3N2O2S. The van der Waals surface area contributed by atoms with Crippen LogP contribution >= 0.6 is 0 Å². The highest BCUT2D eigenvalue weighted by Crippen LogP contribution is 2.48. The minimum Gasteiger partial charge on any atom is -0.329 e. The predicted octanol–water partition coefficient (Wildman–Crippen LogP) is 5.85. The van der Waals surface area contributed by atoms with E-state index in [1.54, 1.807) is 35.9 Å². The molecule has 8 heteroatoms. The molecule has 1 aromatic heterocycles. The van der Waals surface area contributed by atoms with E-state index in [0.29, 0.717) is 16.7 Å². The number of benzene rings is 3. The van der Waals surface area contributed by atoms with Crippen LogP contribution in [0.3, 0.4) is 0 Å². The van der Waals surface area contributed by atoms with E-state index in [1.165, 1.54) is 10.4 Å². The first-order chi connectivity index (χ1) is 15.6. The molecule has 4 aromatic rings. The third-order valence-corrected chi connectivity index (χ3v) is 8.05. The third kappa shape index (κ3) is 3.40. The molecule has 1 aliphatic heterocycles. The van der Waals surface area contributed by atoms with Gasteiger partial charge in [0.2, 0.25) is 0 Å². The van der Waals surface area contributed by atoms with Crippen LogP contribution in [0.2, 0.25) is 0 Å². The number of hydrogen-bond acceptors (Lipinski definition) is 2. The Balaban J connectivity index is 1.76. The van der Waals surface area contributed by atoms with Gasteiger partial charge in [0.05, 0.1) is 16.0 Å². The molecule has 33 heavy (non-hydrogen) atoms. The van der Waals surface area contributed by atoms with Gasteiger partial charge in [0.25, 0.3) is 10.0 Å². The highest BCUT2D eigenvalue weighted by Gasteiger charge is 2.42. The number of aromatic nitrogens is 1. The van der Waals surface area contributed by atoms with E-state index in [0.717, 1.165) is 28.8 Å². The molecule has 1 aliphatic rings. The zero-order valence-electron chi connectivity index (χ0n) is 18.0. The van der Waals surface area contributed by atoms with Crippen LogP contribution in [0.25, 0.3) is 10.9 Å². The van der Waals surface area contributed by atoms with Crippen molar-refractivity contribution in [1.29, 1.82) is 0 Å². The molecule has 0 N–H and O–H groups in total. The molecule has 4 nitrogen and oxygen atoms in total. The summed E-state index contributed by atoms with van der Waals surface area (Å²) < 4.78 is 70.4. The van der Waals surface area contributed by atoms with Gasteiger partial charge in [-0.15, -0.1) is 0 Å². The van der Waals surface area contributed by atoms with E-state index < -0.39 is 21.8 Å². The lowest BCUT2D eigenvalue weighted by molar-refractivity contribution is -0.137. The van der Waals surface area contributed by atoms with Crippen molar-refractivity contribution in [2.75, 3.05) is 10.8 Å². The Morgan fingerprint density at radius 2 is 1.61 bits per heavy atom. The van der Waals surface area contributed by atoms with Crippen molar-refractivity contribution < 1.29 is 21.6 Å². The summed E-state index contributed by atoms with van der Waals surface area (Å²) in [5, 5.41) is 0.621. The number of anilines is 1. The number of nitrogens with zero attached hydrogens (tertiary/aromatic N) is 2. The number of fused-ring (bicyclic) bond motifs is 3. The molecule has 2 heterocycles. The summed E-state index contributed by atoms with van der Waals surface area (Å²) >= 11 is 0. The van der Waals surface area contributed by atoms with Gasteiger partial charge in [0.1, 0.15) is 5.82 Å². The number of hydrogen-bond donors (Lipinski definition) is 0. The maximum absolute atomic E-state index is 13.7. The van der Waals surface area contributed by atoms with E-state index in [4.69, 9.17) is 0 Å². The lowest BCUT2D eigenvalue weighted by Crippen LogP contribution is -2.31. The molecule has 0 bridgehead atoms. The summed E-state index contributed by atoms with van der Waals surface area (Å²) in [4.78, 5) is 0.147. The van der Waals surface area contributed by atoms with Gasteiger partial charge < -0.3 is 4.57 Å². The van der Waals surface area contributed by atoms with Crippen LogP contribution in [0.4, 0.5) is 19.0 Å². The molecule has 0 amide bonds. The summed E-state index contributed by atoms with van der Waals surface area (Å²) in [6.45, 7) is 2.05. The first kappa shape index (κ1) is 21.6. The number of sulfonamides is 1. The van der Waals surface area contributed by atoms with Crippen molar-refractivity contribution in [1.82, 2.24) is 4.57 Å². The molecular weight excluding hydrogens is 449 g/mol. The van der Waals surface area contributed by atoms with Crippen LogP contribution < -0.4 is 4.31 Å². The molecule has 0 saturated carbocycles. The van der Waals surface area contributed by atoms with E-state index in [1.807, 2.05) is 37.3 Å². The fourth-order valence-corrected chi connectivity index (χ4v) is 6.15. The molecule has 3 aromatic carbocycles. The zero-order chi connectivity index (χ0) is 23.5. The Morgan fingerprint density at radius 1 is 0.939 bits per heavy atom. The first-order valence-corrected chi connectivity index (χ1v) is 11.9. The Kier molecular flexibility index (Phi) is 4.83. The van der Waals surface area contributed by atoms with Crippen molar-refractivity contribution in [3.8, 4) is 0 Å². The fourth-order valence-electron chi connectivity index (χ4n) is 4.62. The van der Waals surface area contributed by atoms with Crippen molar-refractivity contribution in [3.05, 3.63) is 95.1 Å². The van der Waals surface area contributed by atoms with Gasteiger partial charge in [0.15, 0.2) is 0 Å². The molecule has 0 spiro atoms. The van der Waals surface area contributed by atoms with Crippen molar-refractivity contribution in [3.63, 3.8) is 0 Å². The van der Waals surface area contributed by atoms with Gasteiger partial charge in [-0.05, 0) is 36.8 Å². The van der Waals surface area contributed by atoms with Gasteiger partial charge in [0, 0.05) is 30.5 Å². The number of rotatable bonds is 3. The molecule has 0 radical (unpaired) electrons. The summed E-state index contributed by atoms with van der Waals surface area (Å²) in [6, 6.07) is 19.6. The number of alkyl halides is 3. The molecule has 0 aliphatic carbocycles. The molecule has 1 atom stereocenters. The second-order valence-corrected chi connectivity index (χ2v) is 10.2. The average molecular weight is 471 g/mol. The molecule has 0 saturated heterocycles. The van der Waals surface area contributed by atoms with E-state index >= 15 is 0 Å². The van der Waals surface area contributed by atoms with Crippen LogP contribution in [0.1, 0.15) is 28.2 Å². The molecule has 5 rings (SSSR count). The van der Waals surface area contributed by atoms with E-state index in [9.17, 15) is 21.6 Å². The van der Waals surface area contributed by atoms with E-state index in [-0.39, 0.29) is 17.4 Å². The standard InChI is InChI=1S/C25H21F3N2O2S/c1-16-8-11-19(12-9-16)33(31,32)30-15-21(17-6-4-3-5-7-17)23-20-13-10-18(25(26,27)28)14-22(20)29(2)24(23)30/h3-14,21H,15H2,1-2H3. The highest BCUT2D eigenvalue weighted by atomic mass is 32.2. The Morgan fingerprint density at radius 3 is 2.24 bits per heavy atom. The fraction of sp³-hybridized carbons (Fsp3) is 0.200. The molecule has 1 unspecified atom stereocenters. The van der Waals surface area contributed by atoms with Gasteiger partial charge in [-0.2, -0.15) is 13.2 Å².